The monoisotopic (exact) mass is 182 g/mol. The smallest absolute Gasteiger partial charge is 0.402 e. The third-order valence-corrected chi connectivity index (χ3v) is 0.718. The van der Waals surface area contributed by atoms with Crippen molar-refractivity contribution in [3.8, 4) is 0 Å². The fraction of sp³-hybridized carbons (Fsp3) is 0. The van der Waals surface area contributed by atoms with E-state index in [1.54, 1.807) is 0 Å². The summed E-state index contributed by atoms with van der Waals surface area (Å²) < 4.78 is 23.8. The molecule has 0 bridgehead atoms. The van der Waals surface area contributed by atoms with Crippen LogP contribution in [0.2, 0.25) is 0 Å². The van der Waals surface area contributed by atoms with Crippen LogP contribution in [0.4, 0.5) is 8.78 Å². The van der Waals surface area contributed by atoms with Crippen molar-refractivity contribution in [2.75, 3.05) is 0 Å². The molecule has 66 valence electrons. The van der Waals surface area contributed by atoms with Crippen LogP contribution >= 0.6 is 0 Å². The van der Waals surface area contributed by atoms with E-state index in [9.17, 15) is 8.78 Å². The van der Waals surface area contributed by atoms with Gasteiger partial charge in [-0.25, -0.2) is 0 Å². The fourth-order valence-corrected chi connectivity index (χ4v) is 0.416. The SMILES string of the molecule is Fc1c[c-]cc(F)c1.OB(O)O.[Li+]. The summed E-state index contributed by atoms with van der Waals surface area (Å²) in [6.07, 6.45) is 0. The first-order chi connectivity index (χ1) is 5.52. The molecule has 0 aromatic heterocycles. The Kier molecular flexibility index (Phi) is 9.57. The number of rotatable bonds is 0. The van der Waals surface area contributed by atoms with E-state index in [1.165, 1.54) is 0 Å². The van der Waals surface area contributed by atoms with Crippen LogP contribution < -0.4 is 18.9 Å². The molecule has 0 saturated heterocycles. The minimum Gasteiger partial charge on any atom is -0.402 e. The van der Waals surface area contributed by atoms with E-state index in [0.717, 1.165) is 18.2 Å². The molecule has 0 spiro atoms. The Morgan fingerprint density at radius 3 is 1.54 bits per heavy atom. The molecular weight excluding hydrogens is 176 g/mol. The van der Waals surface area contributed by atoms with Crippen molar-refractivity contribution in [2.45, 2.75) is 0 Å². The molecule has 0 aliphatic rings. The normalized spacial score (nSPS) is 7.77. The predicted molar refractivity (Wildman–Crippen MR) is 37.6 cm³/mol. The number of halogens is 2. The summed E-state index contributed by atoms with van der Waals surface area (Å²) in [5.74, 6) is -1.19. The predicted octanol–water partition coefficient (Wildman–Crippen LogP) is -3.28. The van der Waals surface area contributed by atoms with Crippen LogP contribution in [0.25, 0.3) is 0 Å². The van der Waals surface area contributed by atoms with Crippen molar-refractivity contribution < 1.29 is 42.7 Å². The first kappa shape index (κ1) is 15.1. The first-order valence-electron chi connectivity index (χ1n) is 2.88. The summed E-state index contributed by atoms with van der Waals surface area (Å²) in [4.78, 5) is 0. The van der Waals surface area contributed by atoms with Gasteiger partial charge < -0.3 is 15.1 Å². The van der Waals surface area contributed by atoms with Gasteiger partial charge in [0.25, 0.3) is 0 Å². The molecule has 0 radical (unpaired) electrons. The first-order valence-corrected chi connectivity index (χ1v) is 2.88. The maximum atomic E-state index is 11.9. The van der Waals surface area contributed by atoms with Crippen molar-refractivity contribution in [1.29, 1.82) is 0 Å². The van der Waals surface area contributed by atoms with Gasteiger partial charge in [-0.2, -0.15) is 6.07 Å². The van der Waals surface area contributed by atoms with Gasteiger partial charge in [0.2, 0.25) is 0 Å². The Bertz CT molecular complexity index is 217. The van der Waals surface area contributed by atoms with E-state index in [-0.39, 0.29) is 18.9 Å². The third-order valence-electron chi connectivity index (χ3n) is 0.718. The van der Waals surface area contributed by atoms with E-state index >= 15 is 0 Å². The zero-order valence-electron chi connectivity index (χ0n) is 6.91. The zero-order chi connectivity index (χ0) is 9.56. The van der Waals surface area contributed by atoms with Gasteiger partial charge in [-0.1, -0.05) is 0 Å². The van der Waals surface area contributed by atoms with Crippen LogP contribution in [0.5, 0.6) is 0 Å². The fourth-order valence-electron chi connectivity index (χ4n) is 0.416. The average Bonchev–Trinajstić information content (AvgIpc) is 1.84. The molecule has 0 aliphatic carbocycles. The molecule has 1 rings (SSSR count). The molecule has 0 heterocycles. The summed E-state index contributed by atoms with van der Waals surface area (Å²) in [5, 5.41) is 21.5. The van der Waals surface area contributed by atoms with E-state index in [1.807, 2.05) is 0 Å². The second-order valence-electron chi connectivity index (χ2n) is 1.72. The summed E-state index contributed by atoms with van der Waals surface area (Å²) in [6.45, 7) is 0. The summed E-state index contributed by atoms with van der Waals surface area (Å²) in [5.41, 5.74) is 0. The second-order valence-corrected chi connectivity index (χ2v) is 1.72. The molecule has 0 aliphatic heterocycles. The number of hydrogen-bond donors (Lipinski definition) is 3. The minimum atomic E-state index is -2.17. The average molecular weight is 182 g/mol. The molecule has 0 atom stereocenters. The molecule has 7 heteroatoms. The summed E-state index contributed by atoms with van der Waals surface area (Å²) >= 11 is 0. The van der Waals surface area contributed by atoms with Crippen LogP contribution in [0, 0.1) is 17.7 Å². The summed E-state index contributed by atoms with van der Waals surface area (Å²) in [6, 6.07) is 5.23. The van der Waals surface area contributed by atoms with Gasteiger partial charge in [0.1, 0.15) is 0 Å². The topological polar surface area (TPSA) is 60.7 Å². The van der Waals surface area contributed by atoms with Crippen LogP contribution in [0.3, 0.4) is 0 Å². The van der Waals surface area contributed by atoms with Gasteiger partial charge >= 0.3 is 26.2 Å². The Balaban J connectivity index is 0. The van der Waals surface area contributed by atoms with Crippen LogP contribution in [0.1, 0.15) is 0 Å². The number of benzene rings is 1. The van der Waals surface area contributed by atoms with Crippen LogP contribution in [-0.4, -0.2) is 22.4 Å². The quantitative estimate of drug-likeness (QED) is 0.291. The largest absolute Gasteiger partial charge is 1.00 e. The van der Waals surface area contributed by atoms with Crippen molar-refractivity contribution >= 4 is 7.32 Å². The standard InChI is InChI=1S/C6H3F2.BH3O3.Li/c7-5-2-1-3-6(8)4-5;2-1(3)4;/h2-4H;2-4H;/q-1;;+1. The van der Waals surface area contributed by atoms with Crippen LogP contribution in [-0.2, 0) is 0 Å². The third kappa shape index (κ3) is 11.6. The van der Waals surface area contributed by atoms with Gasteiger partial charge in [-0.3, -0.25) is 8.78 Å². The zero-order valence-corrected chi connectivity index (χ0v) is 6.91. The molecule has 1 aromatic rings. The Labute approximate surface area is 86.4 Å². The number of hydrogen-bond acceptors (Lipinski definition) is 3. The van der Waals surface area contributed by atoms with Crippen molar-refractivity contribution in [2.24, 2.45) is 0 Å². The molecular formula is C6H6BF2LiO3. The Hall–Kier alpha value is -0.378. The molecule has 0 saturated carbocycles. The van der Waals surface area contributed by atoms with Crippen molar-refractivity contribution in [3.05, 3.63) is 35.9 Å². The Morgan fingerprint density at radius 1 is 1.08 bits per heavy atom. The van der Waals surface area contributed by atoms with Crippen molar-refractivity contribution in [1.82, 2.24) is 0 Å². The van der Waals surface area contributed by atoms with E-state index in [0.29, 0.717) is 0 Å². The van der Waals surface area contributed by atoms with Gasteiger partial charge in [0.05, 0.1) is 0 Å². The van der Waals surface area contributed by atoms with Gasteiger partial charge in [-0.15, -0.1) is 18.2 Å². The molecule has 3 N–H and O–H groups in total. The molecule has 0 amide bonds. The van der Waals surface area contributed by atoms with E-state index < -0.39 is 19.0 Å². The van der Waals surface area contributed by atoms with E-state index in [4.69, 9.17) is 15.1 Å². The molecule has 0 unspecified atom stereocenters. The maximum absolute atomic E-state index is 11.9. The molecule has 13 heavy (non-hydrogen) atoms. The van der Waals surface area contributed by atoms with Crippen molar-refractivity contribution in [3.63, 3.8) is 0 Å². The molecule has 3 nitrogen and oxygen atoms in total. The van der Waals surface area contributed by atoms with Crippen LogP contribution in [0.15, 0.2) is 18.2 Å². The molecule has 1 aromatic carbocycles. The van der Waals surface area contributed by atoms with E-state index in [2.05, 4.69) is 6.07 Å². The van der Waals surface area contributed by atoms with Gasteiger partial charge in [-0.05, 0) is 0 Å². The summed E-state index contributed by atoms with van der Waals surface area (Å²) in [7, 11) is -2.17. The molecule has 0 fully saturated rings. The van der Waals surface area contributed by atoms with Gasteiger partial charge in [0, 0.05) is 11.6 Å². The Morgan fingerprint density at radius 2 is 1.38 bits per heavy atom. The minimum absolute atomic E-state index is 0. The van der Waals surface area contributed by atoms with Gasteiger partial charge in [0.15, 0.2) is 0 Å². The maximum Gasteiger partial charge on any atom is 1.00 e. The second kappa shape index (κ2) is 8.23.